The molecule has 6 heteroatoms. The number of ether oxygens (including phenoxy) is 2. The lowest BCUT2D eigenvalue weighted by Crippen LogP contribution is -2.28. The fraction of sp³-hybridized carbons (Fsp3) is 0.174. The highest BCUT2D eigenvalue weighted by molar-refractivity contribution is 5.77. The van der Waals surface area contributed by atoms with E-state index in [-0.39, 0.29) is 24.8 Å². The summed E-state index contributed by atoms with van der Waals surface area (Å²) in [6.45, 7) is -3.04. The average Bonchev–Trinajstić information content (AvgIpc) is 2.74. The van der Waals surface area contributed by atoms with Gasteiger partial charge < -0.3 is 14.8 Å². The van der Waals surface area contributed by atoms with Gasteiger partial charge >= 0.3 is 6.61 Å². The lowest BCUT2D eigenvalue weighted by Gasteiger charge is -2.19. The van der Waals surface area contributed by atoms with Crippen LogP contribution in [-0.4, -0.2) is 19.1 Å². The van der Waals surface area contributed by atoms with E-state index in [1.807, 2.05) is 60.7 Å². The quantitative estimate of drug-likeness (QED) is 0.569. The molecule has 1 N–H and O–H groups in total. The summed E-state index contributed by atoms with van der Waals surface area (Å²) in [5.74, 6) is -0.316. The molecule has 0 heterocycles. The van der Waals surface area contributed by atoms with Crippen LogP contribution in [0.1, 0.15) is 22.8 Å². The molecule has 0 saturated carbocycles. The molecule has 3 rings (SSSR count). The van der Waals surface area contributed by atoms with Gasteiger partial charge in [-0.25, -0.2) is 0 Å². The van der Waals surface area contributed by atoms with E-state index in [4.69, 9.17) is 4.74 Å². The van der Waals surface area contributed by atoms with Crippen LogP contribution in [0.3, 0.4) is 0 Å². The van der Waals surface area contributed by atoms with Crippen molar-refractivity contribution in [3.8, 4) is 5.75 Å². The molecule has 0 fully saturated rings. The molecule has 3 aromatic carbocycles. The highest BCUT2D eigenvalue weighted by Crippen LogP contribution is 2.25. The molecule has 0 aliphatic rings. The van der Waals surface area contributed by atoms with Gasteiger partial charge in [0.1, 0.15) is 18.5 Å². The Balaban J connectivity index is 1.61. The van der Waals surface area contributed by atoms with Crippen LogP contribution in [0.15, 0.2) is 84.9 Å². The number of hydrogen-bond donors (Lipinski definition) is 1. The number of hydrogen-bond acceptors (Lipinski definition) is 3. The van der Waals surface area contributed by atoms with E-state index in [0.29, 0.717) is 5.56 Å². The van der Waals surface area contributed by atoms with Crippen molar-refractivity contribution in [1.29, 1.82) is 0 Å². The summed E-state index contributed by atoms with van der Waals surface area (Å²) in [5.41, 5.74) is 2.33. The first-order valence-electron chi connectivity index (χ1n) is 9.14. The number of carbonyl (C=O) groups is 1. The second-order valence-corrected chi connectivity index (χ2v) is 6.28. The van der Waals surface area contributed by atoms with Crippen molar-refractivity contribution in [1.82, 2.24) is 5.32 Å². The van der Waals surface area contributed by atoms with Crippen LogP contribution < -0.4 is 10.1 Å². The Bertz CT molecular complexity index is 865. The molecule has 4 nitrogen and oxygen atoms in total. The minimum Gasteiger partial charge on any atom is -0.434 e. The van der Waals surface area contributed by atoms with Crippen LogP contribution in [0.5, 0.6) is 5.75 Å². The number of alkyl halides is 2. The van der Waals surface area contributed by atoms with Gasteiger partial charge in [-0.2, -0.15) is 8.78 Å². The van der Waals surface area contributed by atoms with Crippen LogP contribution >= 0.6 is 0 Å². The summed E-state index contributed by atoms with van der Waals surface area (Å²) in [6.07, 6.45) is -0.391. The number of carbonyl (C=O) groups excluding carboxylic acids is 1. The topological polar surface area (TPSA) is 47.6 Å². The van der Waals surface area contributed by atoms with Gasteiger partial charge in [-0.05, 0) is 17.2 Å². The molecule has 1 amide bonds. The summed E-state index contributed by atoms with van der Waals surface area (Å²) >= 11 is 0. The Morgan fingerprint density at radius 1 is 0.828 bits per heavy atom. The van der Waals surface area contributed by atoms with Gasteiger partial charge in [0.2, 0.25) is 5.91 Å². The largest absolute Gasteiger partial charge is 0.434 e. The standard InChI is InChI=1S/C23H21F2NO3/c24-23(25)29-20-14-8-7-13-19(20)15-26-21(27)16-28-22(17-9-3-1-4-10-17)18-11-5-2-6-12-18/h1-14,22-23H,15-16H2,(H,26,27). The molecule has 3 aromatic rings. The fourth-order valence-corrected chi connectivity index (χ4v) is 2.91. The van der Waals surface area contributed by atoms with Crippen molar-refractivity contribution >= 4 is 5.91 Å². The van der Waals surface area contributed by atoms with Crippen LogP contribution in [0, 0.1) is 0 Å². The van der Waals surface area contributed by atoms with Crippen molar-refractivity contribution in [2.24, 2.45) is 0 Å². The maximum Gasteiger partial charge on any atom is 0.387 e. The first-order chi connectivity index (χ1) is 14.1. The third-order valence-electron chi connectivity index (χ3n) is 4.25. The SMILES string of the molecule is O=C(COC(c1ccccc1)c1ccccc1)NCc1ccccc1OC(F)F. The molecule has 0 spiro atoms. The Morgan fingerprint density at radius 3 is 1.97 bits per heavy atom. The van der Waals surface area contributed by atoms with Gasteiger partial charge in [-0.3, -0.25) is 4.79 Å². The summed E-state index contributed by atoms with van der Waals surface area (Å²) in [5, 5.41) is 2.68. The van der Waals surface area contributed by atoms with Crippen LogP contribution in [0.2, 0.25) is 0 Å². The number of para-hydroxylation sites is 1. The van der Waals surface area contributed by atoms with Crippen molar-refractivity contribution < 1.29 is 23.0 Å². The van der Waals surface area contributed by atoms with Crippen molar-refractivity contribution in [2.75, 3.05) is 6.61 Å². The lowest BCUT2D eigenvalue weighted by atomic mass is 10.0. The van der Waals surface area contributed by atoms with Gasteiger partial charge in [-0.15, -0.1) is 0 Å². The van der Waals surface area contributed by atoms with Gasteiger partial charge in [0.05, 0.1) is 0 Å². The number of nitrogens with one attached hydrogen (secondary N) is 1. The number of amides is 1. The molecule has 0 atom stereocenters. The predicted octanol–water partition coefficient (Wildman–Crippen LogP) is 4.71. The second kappa shape index (κ2) is 10.3. The third-order valence-corrected chi connectivity index (χ3v) is 4.25. The zero-order valence-electron chi connectivity index (χ0n) is 15.6. The number of rotatable bonds is 9. The average molecular weight is 397 g/mol. The van der Waals surface area contributed by atoms with E-state index in [1.54, 1.807) is 18.2 Å². The summed E-state index contributed by atoms with van der Waals surface area (Å²) in [4.78, 5) is 12.3. The van der Waals surface area contributed by atoms with Crippen molar-refractivity contribution in [2.45, 2.75) is 19.3 Å². The van der Waals surface area contributed by atoms with E-state index in [9.17, 15) is 13.6 Å². The smallest absolute Gasteiger partial charge is 0.387 e. The molecule has 0 aliphatic carbocycles. The first-order valence-corrected chi connectivity index (χ1v) is 9.14. The second-order valence-electron chi connectivity index (χ2n) is 6.28. The van der Waals surface area contributed by atoms with E-state index >= 15 is 0 Å². The molecule has 29 heavy (non-hydrogen) atoms. The van der Waals surface area contributed by atoms with Gasteiger partial charge in [0, 0.05) is 12.1 Å². The normalized spacial score (nSPS) is 10.9. The highest BCUT2D eigenvalue weighted by atomic mass is 19.3. The Kier molecular flexibility index (Phi) is 7.30. The zero-order valence-corrected chi connectivity index (χ0v) is 15.6. The monoisotopic (exact) mass is 397 g/mol. The van der Waals surface area contributed by atoms with Crippen LogP contribution in [0.25, 0.3) is 0 Å². The van der Waals surface area contributed by atoms with Crippen molar-refractivity contribution in [3.05, 3.63) is 102 Å². The van der Waals surface area contributed by atoms with E-state index in [1.165, 1.54) is 6.07 Å². The molecule has 150 valence electrons. The third kappa shape index (κ3) is 6.12. The lowest BCUT2D eigenvalue weighted by molar-refractivity contribution is -0.127. The van der Waals surface area contributed by atoms with Gasteiger partial charge in [-0.1, -0.05) is 78.9 Å². The Labute approximate surface area is 168 Å². The molecule has 0 saturated heterocycles. The van der Waals surface area contributed by atoms with E-state index < -0.39 is 12.7 Å². The number of halogens is 2. The van der Waals surface area contributed by atoms with Crippen LogP contribution in [0.4, 0.5) is 8.78 Å². The highest BCUT2D eigenvalue weighted by Gasteiger charge is 2.16. The van der Waals surface area contributed by atoms with Gasteiger partial charge in [0.25, 0.3) is 0 Å². The Morgan fingerprint density at radius 2 is 1.38 bits per heavy atom. The van der Waals surface area contributed by atoms with Crippen LogP contribution in [-0.2, 0) is 16.1 Å². The molecular weight excluding hydrogens is 376 g/mol. The first kappa shape index (κ1) is 20.5. The van der Waals surface area contributed by atoms with Gasteiger partial charge in [0.15, 0.2) is 0 Å². The predicted molar refractivity (Wildman–Crippen MR) is 106 cm³/mol. The number of benzene rings is 3. The molecule has 0 aliphatic heterocycles. The maximum atomic E-state index is 12.5. The molecule has 0 bridgehead atoms. The molecule has 0 aromatic heterocycles. The minimum atomic E-state index is -2.92. The van der Waals surface area contributed by atoms with E-state index in [2.05, 4.69) is 10.1 Å². The maximum absolute atomic E-state index is 12.5. The zero-order chi connectivity index (χ0) is 20.5. The fourth-order valence-electron chi connectivity index (χ4n) is 2.91. The molecule has 0 unspecified atom stereocenters. The Hall–Kier alpha value is -3.25. The van der Waals surface area contributed by atoms with E-state index in [0.717, 1.165) is 11.1 Å². The summed E-state index contributed by atoms with van der Waals surface area (Å²) in [6, 6.07) is 25.6. The minimum absolute atomic E-state index is 0.0372. The van der Waals surface area contributed by atoms with Crippen molar-refractivity contribution in [3.63, 3.8) is 0 Å². The molecular formula is C23H21F2NO3. The molecule has 0 radical (unpaired) electrons. The summed E-state index contributed by atoms with van der Waals surface area (Å²) < 4.78 is 35.4. The summed E-state index contributed by atoms with van der Waals surface area (Å²) in [7, 11) is 0.